The molecule has 0 atom stereocenters. The molecule has 1 aromatic rings. The van der Waals surface area contributed by atoms with Crippen LogP contribution in [0.15, 0.2) is 43.0 Å². The van der Waals surface area contributed by atoms with Gasteiger partial charge >= 0.3 is 0 Å². The number of hydrogen-bond donors (Lipinski definition) is 0. The van der Waals surface area contributed by atoms with Crippen molar-refractivity contribution in [2.75, 3.05) is 6.61 Å². The number of thiocarbonyl (C=S) groups is 1. The first kappa shape index (κ1) is 10.9. The molecule has 0 aliphatic carbocycles. The number of rotatable bonds is 3. The fourth-order valence-electron chi connectivity index (χ4n) is 1.49. The topological polar surface area (TPSA) is 18.5 Å². The Balaban J connectivity index is 2.36. The summed E-state index contributed by atoms with van der Waals surface area (Å²) in [4.78, 5) is 0. The van der Waals surface area contributed by atoms with E-state index in [2.05, 4.69) is 6.58 Å². The minimum Gasteiger partial charge on any atom is -0.489 e. The highest BCUT2D eigenvalue weighted by Gasteiger charge is 2.15. The zero-order chi connectivity index (χ0) is 11.4. The number of para-hydroxylation sites is 1. The third-order valence-corrected chi connectivity index (χ3v) is 2.44. The molecule has 0 radical (unpaired) electrons. The summed E-state index contributed by atoms with van der Waals surface area (Å²) < 4.78 is 11.1. The second kappa shape index (κ2) is 4.94. The molecular weight excluding hydrogens is 220 g/mol. The zero-order valence-electron chi connectivity index (χ0n) is 8.81. The van der Waals surface area contributed by atoms with Crippen LogP contribution in [0.4, 0.5) is 0 Å². The molecule has 1 heterocycles. The van der Waals surface area contributed by atoms with Gasteiger partial charge in [-0.1, -0.05) is 24.8 Å². The molecule has 1 aliphatic heterocycles. The van der Waals surface area contributed by atoms with Crippen LogP contribution in [-0.2, 0) is 4.74 Å². The lowest BCUT2D eigenvalue weighted by Gasteiger charge is -2.10. The molecule has 0 fully saturated rings. The van der Waals surface area contributed by atoms with Crippen molar-refractivity contribution in [3.63, 3.8) is 0 Å². The molecule has 0 spiro atoms. The summed E-state index contributed by atoms with van der Waals surface area (Å²) in [5.74, 6) is 1.55. The fraction of sp³-hybridized carbons (Fsp3) is 0.154. The standard InChI is InChI=1S/C13H12O2S/c1-2-9-14-11-7-8-13(16)15-12-6-4-3-5-10(11)12/h2-7H,1,8-9H2. The normalized spacial score (nSPS) is 14.2. The lowest BCUT2D eigenvalue weighted by atomic mass is 10.1. The Bertz CT molecular complexity index is 449. The molecular formula is C13H12O2S. The minimum atomic E-state index is 0.479. The molecule has 0 aromatic heterocycles. The van der Waals surface area contributed by atoms with Crippen LogP contribution < -0.4 is 4.74 Å². The first-order chi connectivity index (χ1) is 7.81. The van der Waals surface area contributed by atoms with Gasteiger partial charge in [0.05, 0.1) is 5.56 Å². The fourth-order valence-corrected chi connectivity index (χ4v) is 1.67. The van der Waals surface area contributed by atoms with Crippen LogP contribution in [0.25, 0.3) is 5.76 Å². The van der Waals surface area contributed by atoms with Crippen LogP contribution in [0.3, 0.4) is 0 Å². The molecule has 82 valence electrons. The van der Waals surface area contributed by atoms with Gasteiger partial charge in [-0.3, -0.25) is 0 Å². The lowest BCUT2D eigenvalue weighted by molar-refractivity contribution is 0.319. The van der Waals surface area contributed by atoms with Gasteiger partial charge in [-0.05, 0) is 30.4 Å². The second-order valence-corrected chi connectivity index (χ2v) is 3.80. The van der Waals surface area contributed by atoms with Gasteiger partial charge in [0.2, 0.25) is 0 Å². The Labute approximate surface area is 100 Å². The third-order valence-electron chi connectivity index (χ3n) is 2.19. The van der Waals surface area contributed by atoms with E-state index >= 15 is 0 Å². The van der Waals surface area contributed by atoms with Gasteiger partial charge in [0.25, 0.3) is 0 Å². The Morgan fingerprint density at radius 1 is 1.44 bits per heavy atom. The average molecular weight is 232 g/mol. The molecule has 16 heavy (non-hydrogen) atoms. The number of hydrogen-bond acceptors (Lipinski definition) is 3. The maximum Gasteiger partial charge on any atom is 0.171 e. The minimum absolute atomic E-state index is 0.479. The molecule has 3 heteroatoms. The van der Waals surface area contributed by atoms with E-state index in [1.807, 2.05) is 30.3 Å². The van der Waals surface area contributed by atoms with Crippen molar-refractivity contribution < 1.29 is 9.47 Å². The number of benzene rings is 1. The van der Waals surface area contributed by atoms with Crippen molar-refractivity contribution in [3.05, 3.63) is 48.6 Å². The highest BCUT2D eigenvalue weighted by molar-refractivity contribution is 7.80. The van der Waals surface area contributed by atoms with Crippen molar-refractivity contribution in [2.45, 2.75) is 6.42 Å². The first-order valence-electron chi connectivity index (χ1n) is 5.05. The smallest absolute Gasteiger partial charge is 0.171 e. The summed E-state index contributed by atoms with van der Waals surface area (Å²) >= 11 is 5.09. The SMILES string of the molecule is C=CCOC1=CCC(=S)Oc2ccccc21. The quantitative estimate of drug-likeness (QED) is 0.588. The van der Waals surface area contributed by atoms with E-state index in [0.717, 1.165) is 17.1 Å². The molecule has 1 aliphatic rings. The molecule has 0 saturated carbocycles. The van der Waals surface area contributed by atoms with E-state index in [-0.39, 0.29) is 0 Å². The predicted octanol–water partition coefficient (Wildman–Crippen LogP) is 3.34. The van der Waals surface area contributed by atoms with Crippen molar-refractivity contribution >= 4 is 23.0 Å². The van der Waals surface area contributed by atoms with Crippen LogP contribution in [-0.4, -0.2) is 11.7 Å². The third kappa shape index (κ3) is 2.31. The summed E-state index contributed by atoms with van der Waals surface area (Å²) in [6.45, 7) is 4.11. The van der Waals surface area contributed by atoms with E-state index in [9.17, 15) is 0 Å². The van der Waals surface area contributed by atoms with E-state index in [4.69, 9.17) is 21.7 Å². The highest BCUT2D eigenvalue weighted by Crippen LogP contribution is 2.30. The van der Waals surface area contributed by atoms with Crippen molar-refractivity contribution in [1.82, 2.24) is 0 Å². The van der Waals surface area contributed by atoms with Crippen LogP contribution >= 0.6 is 12.2 Å². The Kier molecular flexibility index (Phi) is 3.37. The van der Waals surface area contributed by atoms with Crippen LogP contribution in [0.1, 0.15) is 12.0 Å². The molecule has 2 nitrogen and oxygen atoms in total. The zero-order valence-corrected chi connectivity index (χ0v) is 9.63. The molecule has 0 saturated heterocycles. The monoisotopic (exact) mass is 232 g/mol. The maximum atomic E-state index is 5.59. The predicted molar refractivity (Wildman–Crippen MR) is 68.4 cm³/mol. The molecule has 0 bridgehead atoms. The Hall–Kier alpha value is -1.61. The van der Waals surface area contributed by atoms with Gasteiger partial charge in [-0.25, -0.2) is 0 Å². The van der Waals surface area contributed by atoms with Gasteiger partial charge in [0.15, 0.2) is 5.05 Å². The summed E-state index contributed by atoms with van der Waals surface area (Å²) in [6, 6.07) is 7.70. The second-order valence-electron chi connectivity index (χ2n) is 3.34. The van der Waals surface area contributed by atoms with Crippen LogP contribution in [0, 0.1) is 0 Å². The summed E-state index contributed by atoms with van der Waals surface area (Å²) in [6.07, 6.45) is 4.25. The molecule has 0 N–H and O–H groups in total. The van der Waals surface area contributed by atoms with Gasteiger partial charge in [-0.2, -0.15) is 0 Å². The number of fused-ring (bicyclic) bond motifs is 1. The summed E-state index contributed by atoms with van der Waals surface area (Å²) in [5.41, 5.74) is 0.934. The van der Waals surface area contributed by atoms with Crippen molar-refractivity contribution in [1.29, 1.82) is 0 Å². The molecule has 2 rings (SSSR count). The van der Waals surface area contributed by atoms with Gasteiger partial charge in [0.1, 0.15) is 18.1 Å². The van der Waals surface area contributed by atoms with Gasteiger partial charge in [-0.15, -0.1) is 0 Å². The highest BCUT2D eigenvalue weighted by atomic mass is 32.1. The maximum absolute atomic E-state index is 5.59. The largest absolute Gasteiger partial charge is 0.489 e. The Morgan fingerprint density at radius 2 is 2.25 bits per heavy atom. The summed E-state index contributed by atoms with van der Waals surface area (Å²) in [5, 5.41) is 0.560. The van der Waals surface area contributed by atoms with E-state index in [1.165, 1.54) is 0 Å². The van der Waals surface area contributed by atoms with Gasteiger partial charge in [0, 0.05) is 6.42 Å². The van der Waals surface area contributed by atoms with E-state index in [1.54, 1.807) is 6.08 Å². The molecule has 0 unspecified atom stereocenters. The first-order valence-corrected chi connectivity index (χ1v) is 5.46. The van der Waals surface area contributed by atoms with E-state index in [0.29, 0.717) is 18.1 Å². The average Bonchev–Trinajstić information content (AvgIpc) is 2.45. The van der Waals surface area contributed by atoms with Crippen LogP contribution in [0.2, 0.25) is 0 Å². The summed E-state index contributed by atoms with van der Waals surface area (Å²) in [7, 11) is 0. The number of ether oxygens (including phenoxy) is 2. The van der Waals surface area contributed by atoms with Crippen molar-refractivity contribution in [2.24, 2.45) is 0 Å². The van der Waals surface area contributed by atoms with E-state index < -0.39 is 0 Å². The molecule has 0 amide bonds. The van der Waals surface area contributed by atoms with Gasteiger partial charge < -0.3 is 9.47 Å². The molecule has 1 aromatic carbocycles. The lowest BCUT2D eigenvalue weighted by Crippen LogP contribution is -2.02. The van der Waals surface area contributed by atoms with Crippen LogP contribution in [0.5, 0.6) is 5.75 Å². The Morgan fingerprint density at radius 3 is 3.06 bits per heavy atom. The van der Waals surface area contributed by atoms with Crippen molar-refractivity contribution in [3.8, 4) is 5.75 Å².